The number of hydrogen-bond acceptors (Lipinski definition) is 3. The smallest absolute Gasteiger partial charge is 0.261 e. The first kappa shape index (κ1) is 14.8. The van der Waals surface area contributed by atoms with Crippen molar-refractivity contribution in [2.45, 2.75) is 11.5 Å². The van der Waals surface area contributed by atoms with Gasteiger partial charge in [0.2, 0.25) is 0 Å². The van der Waals surface area contributed by atoms with Crippen molar-refractivity contribution < 1.29 is 17.9 Å². The summed E-state index contributed by atoms with van der Waals surface area (Å²) in [7, 11) is -3.82. The number of hydrogen-bond donors (Lipinski definition) is 2. The van der Waals surface area contributed by atoms with Crippen molar-refractivity contribution in [3.05, 3.63) is 58.9 Å². The highest BCUT2D eigenvalue weighted by molar-refractivity contribution is 7.92. The van der Waals surface area contributed by atoms with Gasteiger partial charge in [0.1, 0.15) is 5.82 Å². The van der Waals surface area contributed by atoms with Gasteiger partial charge in [0.25, 0.3) is 10.0 Å². The van der Waals surface area contributed by atoms with Gasteiger partial charge in [0, 0.05) is 10.7 Å². The molecule has 20 heavy (non-hydrogen) atoms. The first-order chi connectivity index (χ1) is 9.42. The maximum atomic E-state index is 12.8. The Labute approximate surface area is 120 Å². The standard InChI is InChI=1S/C13H11ClFNO3S/c14-13-6-5-12(7-9(13)8-17)20(18,19)16-11-3-1-10(15)2-4-11/h1-7,16-17H,8H2. The Balaban J connectivity index is 2.33. The summed E-state index contributed by atoms with van der Waals surface area (Å²) in [5.74, 6) is -0.456. The average molecular weight is 316 g/mol. The molecule has 7 heteroatoms. The maximum Gasteiger partial charge on any atom is 0.261 e. The highest BCUT2D eigenvalue weighted by Crippen LogP contribution is 2.22. The molecule has 0 bridgehead atoms. The summed E-state index contributed by atoms with van der Waals surface area (Å²) in [6, 6.07) is 8.94. The lowest BCUT2D eigenvalue weighted by molar-refractivity contribution is 0.281. The van der Waals surface area contributed by atoms with E-state index in [0.717, 1.165) is 12.1 Å². The number of aliphatic hydroxyl groups excluding tert-OH is 1. The van der Waals surface area contributed by atoms with Crippen molar-refractivity contribution in [1.82, 2.24) is 0 Å². The van der Waals surface area contributed by atoms with E-state index in [0.29, 0.717) is 5.56 Å². The molecule has 0 amide bonds. The SMILES string of the molecule is O=S(=O)(Nc1ccc(F)cc1)c1ccc(Cl)c(CO)c1. The highest BCUT2D eigenvalue weighted by Gasteiger charge is 2.15. The zero-order chi connectivity index (χ0) is 14.8. The molecular formula is C13H11ClFNO3S. The first-order valence-corrected chi connectivity index (χ1v) is 7.46. The van der Waals surface area contributed by atoms with E-state index in [9.17, 15) is 12.8 Å². The van der Waals surface area contributed by atoms with Crippen molar-refractivity contribution in [2.24, 2.45) is 0 Å². The van der Waals surface area contributed by atoms with E-state index < -0.39 is 15.8 Å². The second-order valence-corrected chi connectivity index (χ2v) is 6.11. The third kappa shape index (κ3) is 3.27. The molecule has 2 aromatic carbocycles. The molecule has 0 saturated carbocycles. The van der Waals surface area contributed by atoms with E-state index >= 15 is 0 Å². The Morgan fingerprint density at radius 1 is 1.15 bits per heavy atom. The van der Waals surface area contributed by atoms with E-state index in [4.69, 9.17) is 16.7 Å². The van der Waals surface area contributed by atoms with Gasteiger partial charge in [-0.3, -0.25) is 4.72 Å². The van der Waals surface area contributed by atoms with Gasteiger partial charge in [-0.05, 0) is 48.0 Å². The molecule has 0 fully saturated rings. The van der Waals surface area contributed by atoms with Gasteiger partial charge in [-0.15, -0.1) is 0 Å². The summed E-state index contributed by atoms with van der Waals surface area (Å²) in [5, 5.41) is 9.37. The molecule has 0 aliphatic rings. The predicted molar refractivity (Wildman–Crippen MR) is 74.6 cm³/mol. The Morgan fingerprint density at radius 3 is 2.40 bits per heavy atom. The van der Waals surface area contributed by atoms with Crippen molar-refractivity contribution in [2.75, 3.05) is 4.72 Å². The largest absolute Gasteiger partial charge is 0.392 e. The summed E-state index contributed by atoms with van der Waals surface area (Å²) in [6.45, 7) is -0.362. The van der Waals surface area contributed by atoms with Gasteiger partial charge in [-0.2, -0.15) is 0 Å². The van der Waals surface area contributed by atoms with Crippen molar-refractivity contribution in [3.63, 3.8) is 0 Å². The zero-order valence-corrected chi connectivity index (χ0v) is 11.7. The average Bonchev–Trinajstić information content (AvgIpc) is 2.41. The molecule has 2 N–H and O–H groups in total. The molecule has 0 atom stereocenters. The molecule has 0 unspecified atom stereocenters. The van der Waals surface area contributed by atoms with Crippen LogP contribution >= 0.6 is 11.6 Å². The Hall–Kier alpha value is -1.63. The molecule has 0 aromatic heterocycles. The number of aliphatic hydroxyl groups is 1. The second kappa shape index (κ2) is 5.78. The van der Waals surface area contributed by atoms with Crippen LogP contribution in [-0.2, 0) is 16.6 Å². The number of nitrogens with one attached hydrogen (secondary N) is 1. The van der Waals surface area contributed by atoms with E-state index in [2.05, 4.69) is 4.72 Å². The summed E-state index contributed by atoms with van der Waals surface area (Å²) >= 11 is 5.81. The van der Waals surface area contributed by atoms with Crippen LogP contribution in [0.15, 0.2) is 47.4 Å². The lowest BCUT2D eigenvalue weighted by Crippen LogP contribution is -2.13. The number of anilines is 1. The molecule has 0 aliphatic carbocycles. The second-order valence-electron chi connectivity index (χ2n) is 4.02. The lowest BCUT2D eigenvalue weighted by Gasteiger charge is -2.09. The summed E-state index contributed by atoms with van der Waals surface area (Å²) in [5.41, 5.74) is 0.556. The number of benzene rings is 2. The van der Waals surface area contributed by atoms with Crippen molar-refractivity contribution >= 4 is 27.3 Å². The van der Waals surface area contributed by atoms with Crippen molar-refractivity contribution in [1.29, 1.82) is 0 Å². The fourth-order valence-electron chi connectivity index (χ4n) is 1.57. The molecule has 2 aromatic rings. The van der Waals surface area contributed by atoms with E-state index in [-0.39, 0.29) is 22.2 Å². The van der Waals surface area contributed by atoms with Crippen LogP contribution in [0.1, 0.15) is 5.56 Å². The Morgan fingerprint density at radius 2 is 1.80 bits per heavy atom. The molecule has 4 nitrogen and oxygen atoms in total. The van der Waals surface area contributed by atoms with Crippen LogP contribution in [-0.4, -0.2) is 13.5 Å². The summed E-state index contributed by atoms with van der Waals surface area (Å²) < 4.78 is 39.4. The molecule has 0 spiro atoms. The van der Waals surface area contributed by atoms with Crippen molar-refractivity contribution in [3.8, 4) is 0 Å². The van der Waals surface area contributed by atoms with Gasteiger partial charge in [0.05, 0.1) is 11.5 Å². The minimum Gasteiger partial charge on any atom is -0.392 e. The number of sulfonamides is 1. The minimum absolute atomic E-state index is 0.0322. The normalized spacial score (nSPS) is 11.3. The van der Waals surface area contributed by atoms with E-state index in [1.807, 2.05) is 0 Å². The number of rotatable bonds is 4. The fraction of sp³-hybridized carbons (Fsp3) is 0.0769. The maximum absolute atomic E-state index is 12.8. The van der Waals surface area contributed by atoms with Crippen LogP contribution in [0.2, 0.25) is 5.02 Å². The monoisotopic (exact) mass is 315 g/mol. The molecule has 0 radical (unpaired) electrons. The van der Waals surface area contributed by atoms with Crippen LogP contribution < -0.4 is 4.72 Å². The summed E-state index contributed by atoms with van der Waals surface area (Å²) in [4.78, 5) is -0.0322. The van der Waals surface area contributed by atoms with Crippen LogP contribution in [0.5, 0.6) is 0 Å². The predicted octanol–water partition coefficient (Wildman–Crippen LogP) is 2.77. The van der Waals surface area contributed by atoms with Crippen LogP contribution in [0.3, 0.4) is 0 Å². The van der Waals surface area contributed by atoms with E-state index in [1.165, 1.54) is 30.3 Å². The number of halogens is 2. The van der Waals surface area contributed by atoms with Gasteiger partial charge < -0.3 is 5.11 Å². The zero-order valence-electron chi connectivity index (χ0n) is 10.2. The molecule has 106 valence electrons. The topological polar surface area (TPSA) is 66.4 Å². The van der Waals surface area contributed by atoms with Crippen LogP contribution in [0, 0.1) is 5.82 Å². The van der Waals surface area contributed by atoms with Gasteiger partial charge in [0.15, 0.2) is 0 Å². The molecule has 2 rings (SSSR count). The Bertz CT molecular complexity index is 717. The highest BCUT2D eigenvalue weighted by atomic mass is 35.5. The minimum atomic E-state index is -3.82. The van der Waals surface area contributed by atoms with E-state index in [1.54, 1.807) is 0 Å². The van der Waals surface area contributed by atoms with Crippen LogP contribution in [0.25, 0.3) is 0 Å². The summed E-state index contributed by atoms with van der Waals surface area (Å²) in [6.07, 6.45) is 0. The quantitative estimate of drug-likeness (QED) is 0.911. The molecule has 0 heterocycles. The van der Waals surface area contributed by atoms with Gasteiger partial charge in [-0.1, -0.05) is 11.6 Å². The van der Waals surface area contributed by atoms with Gasteiger partial charge in [-0.25, -0.2) is 12.8 Å². The molecule has 0 aliphatic heterocycles. The van der Waals surface area contributed by atoms with Gasteiger partial charge >= 0.3 is 0 Å². The Kier molecular flexibility index (Phi) is 4.27. The molecule has 0 saturated heterocycles. The fourth-order valence-corrected chi connectivity index (χ4v) is 2.86. The third-order valence-electron chi connectivity index (χ3n) is 2.59. The first-order valence-electron chi connectivity index (χ1n) is 5.60. The third-order valence-corrected chi connectivity index (χ3v) is 4.34. The van der Waals surface area contributed by atoms with Crippen LogP contribution in [0.4, 0.5) is 10.1 Å². The molecular weight excluding hydrogens is 305 g/mol. The lowest BCUT2D eigenvalue weighted by atomic mass is 10.2.